The fraction of sp³-hybridized carbons (Fsp3) is 0.500. The molecule has 0 amide bonds. The van der Waals surface area contributed by atoms with Gasteiger partial charge in [0.15, 0.2) is 0 Å². The van der Waals surface area contributed by atoms with Crippen LogP contribution < -0.4 is 11.2 Å². The molecule has 7 heteroatoms. The summed E-state index contributed by atoms with van der Waals surface area (Å²) >= 11 is 0. The number of fused-ring (bicyclic) bond motifs is 1. The lowest BCUT2D eigenvalue weighted by atomic mass is 10.00. The molecule has 0 N–H and O–H groups in total. The number of pyridine rings is 1. The summed E-state index contributed by atoms with van der Waals surface area (Å²) in [6, 6.07) is 0. The van der Waals surface area contributed by atoms with E-state index < -0.39 is 5.69 Å². The zero-order valence-electron chi connectivity index (χ0n) is 14.1. The van der Waals surface area contributed by atoms with Crippen LogP contribution in [0.5, 0.6) is 0 Å². The average molecular weight is 319 g/mol. The van der Waals surface area contributed by atoms with Crippen molar-refractivity contribution in [2.24, 2.45) is 14.1 Å². The van der Waals surface area contributed by atoms with Gasteiger partial charge in [0.25, 0.3) is 5.56 Å². The van der Waals surface area contributed by atoms with E-state index >= 15 is 0 Å². The highest BCUT2D eigenvalue weighted by Crippen LogP contribution is 2.20. The minimum absolute atomic E-state index is 0.231. The molecule has 23 heavy (non-hydrogen) atoms. The van der Waals surface area contributed by atoms with Gasteiger partial charge < -0.3 is 4.74 Å². The van der Waals surface area contributed by atoms with E-state index in [9.17, 15) is 14.4 Å². The summed E-state index contributed by atoms with van der Waals surface area (Å²) in [6.45, 7) is 5.74. The van der Waals surface area contributed by atoms with Crippen LogP contribution in [0.25, 0.3) is 11.0 Å². The Morgan fingerprint density at radius 1 is 1.17 bits per heavy atom. The predicted molar refractivity (Wildman–Crippen MR) is 86.7 cm³/mol. The third kappa shape index (κ3) is 2.91. The highest BCUT2D eigenvalue weighted by Gasteiger charge is 2.17. The summed E-state index contributed by atoms with van der Waals surface area (Å²) in [6.07, 6.45) is 0.681. The van der Waals surface area contributed by atoms with E-state index in [1.54, 1.807) is 14.0 Å². The molecular formula is C16H21N3O4. The standard InChI is InChI=1S/C16H21N3O4/c1-6-23-12(20)8-7-11-9(2)13-14(17-10(11)3)18(4)16(22)19(5)15(13)21/h6-8H2,1-5H3. The van der Waals surface area contributed by atoms with Crippen molar-refractivity contribution in [3.8, 4) is 0 Å². The molecule has 0 saturated carbocycles. The lowest BCUT2D eigenvalue weighted by molar-refractivity contribution is -0.143. The van der Waals surface area contributed by atoms with Gasteiger partial charge in [0.1, 0.15) is 5.65 Å². The topological polar surface area (TPSA) is 83.2 Å². The second-order valence-corrected chi connectivity index (χ2v) is 5.51. The number of ether oxygens (including phenoxy) is 1. The Kier molecular flexibility index (Phi) is 4.68. The third-order valence-corrected chi connectivity index (χ3v) is 4.06. The van der Waals surface area contributed by atoms with Crippen LogP contribution in [0.15, 0.2) is 9.59 Å². The van der Waals surface area contributed by atoms with Gasteiger partial charge in [-0.05, 0) is 38.3 Å². The van der Waals surface area contributed by atoms with Crippen molar-refractivity contribution in [3.63, 3.8) is 0 Å². The van der Waals surface area contributed by atoms with E-state index in [4.69, 9.17) is 4.74 Å². The summed E-state index contributed by atoms with van der Waals surface area (Å²) in [5.41, 5.74) is 1.91. The largest absolute Gasteiger partial charge is 0.466 e. The molecule has 2 rings (SSSR count). The molecule has 0 radical (unpaired) electrons. The fourth-order valence-corrected chi connectivity index (χ4v) is 2.77. The van der Waals surface area contributed by atoms with Gasteiger partial charge in [0.05, 0.1) is 12.0 Å². The maximum atomic E-state index is 12.4. The van der Waals surface area contributed by atoms with Gasteiger partial charge in [-0.2, -0.15) is 0 Å². The van der Waals surface area contributed by atoms with Crippen molar-refractivity contribution in [2.45, 2.75) is 33.6 Å². The average Bonchev–Trinajstić information content (AvgIpc) is 2.50. The molecule has 0 saturated heterocycles. The van der Waals surface area contributed by atoms with Gasteiger partial charge in [-0.15, -0.1) is 0 Å². The second kappa shape index (κ2) is 6.36. The van der Waals surface area contributed by atoms with Gasteiger partial charge in [-0.3, -0.25) is 18.7 Å². The molecule has 0 aliphatic heterocycles. The molecule has 0 atom stereocenters. The van der Waals surface area contributed by atoms with Crippen LogP contribution in [0.1, 0.15) is 30.2 Å². The molecule has 2 aromatic rings. The van der Waals surface area contributed by atoms with E-state index in [0.29, 0.717) is 29.8 Å². The molecular weight excluding hydrogens is 298 g/mol. The molecule has 2 aromatic heterocycles. The molecule has 0 unspecified atom stereocenters. The Hall–Kier alpha value is -2.44. The summed E-state index contributed by atoms with van der Waals surface area (Å²) < 4.78 is 7.38. The number of esters is 1. The van der Waals surface area contributed by atoms with Gasteiger partial charge in [-0.25, -0.2) is 9.78 Å². The quantitative estimate of drug-likeness (QED) is 0.776. The number of aromatic nitrogens is 3. The number of aryl methyl sites for hydroxylation is 3. The van der Waals surface area contributed by atoms with Crippen LogP contribution in [0.4, 0.5) is 0 Å². The number of carbonyl (C=O) groups excluding carboxylic acids is 1. The highest BCUT2D eigenvalue weighted by molar-refractivity contribution is 5.80. The smallest absolute Gasteiger partial charge is 0.332 e. The lowest BCUT2D eigenvalue weighted by Crippen LogP contribution is -2.38. The van der Waals surface area contributed by atoms with Crippen LogP contribution in [0, 0.1) is 13.8 Å². The summed E-state index contributed by atoms with van der Waals surface area (Å²) in [5, 5.41) is 0.416. The maximum absolute atomic E-state index is 12.4. The summed E-state index contributed by atoms with van der Waals surface area (Å²) in [4.78, 5) is 40.5. The third-order valence-electron chi connectivity index (χ3n) is 4.06. The Morgan fingerprint density at radius 2 is 1.83 bits per heavy atom. The Labute approximate surface area is 133 Å². The van der Waals surface area contributed by atoms with Crippen molar-refractivity contribution < 1.29 is 9.53 Å². The van der Waals surface area contributed by atoms with Crippen LogP contribution in [-0.4, -0.2) is 26.7 Å². The van der Waals surface area contributed by atoms with E-state index in [-0.39, 0.29) is 17.9 Å². The van der Waals surface area contributed by atoms with E-state index in [1.165, 1.54) is 11.6 Å². The molecule has 0 aliphatic carbocycles. The first-order valence-corrected chi connectivity index (χ1v) is 7.51. The second-order valence-electron chi connectivity index (χ2n) is 5.51. The highest BCUT2D eigenvalue weighted by atomic mass is 16.5. The van der Waals surface area contributed by atoms with Crippen molar-refractivity contribution in [1.82, 2.24) is 14.1 Å². The van der Waals surface area contributed by atoms with Crippen LogP contribution in [0.3, 0.4) is 0 Å². The van der Waals surface area contributed by atoms with Crippen molar-refractivity contribution >= 4 is 17.0 Å². The minimum Gasteiger partial charge on any atom is -0.466 e. The first kappa shape index (κ1) is 16.9. The predicted octanol–water partition coefficient (Wildman–Crippen LogP) is 0.745. The van der Waals surface area contributed by atoms with E-state index in [1.807, 2.05) is 13.8 Å². The first-order chi connectivity index (χ1) is 10.8. The number of hydrogen-bond donors (Lipinski definition) is 0. The number of rotatable bonds is 4. The maximum Gasteiger partial charge on any atom is 0.332 e. The van der Waals surface area contributed by atoms with Gasteiger partial charge >= 0.3 is 11.7 Å². The molecule has 0 spiro atoms. The van der Waals surface area contributed by atoms with E-state index in [0.717, 1.165) is 15.7 Å². The zero-order valence-corrected chi connectivity index (χ0v) is 14.1. The number of carbonyl (C=O) groups is 1. The van der Waals surface area contributed by atoms with Crippen LogP contribution in [0.2, 0.25) is 0 Å². The molecule has 2 heterocycles. The lowest BCUT2D eigenvalue weighted by Gasteiger charge is -2.14. The monoisotopic (exact) mass is 319 g/mol. The van der Waals surface area contributed by atoms with Crippen LogP contribution >= 0.6 is 0 Å². The molecule has 0 aliphatic rings. The zero-order chi connectivity index (χ0) is 17.3. The number of nitrogens with zero attached hydrogens (tertiary/aromatic N) is 3. The molecule has 0 aromatic carbocycles. The Bertz CT molecular complexity index is 893. The first-order valence-electron chi connectivity index (χ1n) is 7.51. The summed E-state index contributed by atoms with van der Waals surface area (Å²) in [5.74, 6) is -0.278. The Morgan fingerprint density at radius 3 is 2.43 bits per heavy atom. The van der Waals surface area contributed by atoms with Crippen molar-refractivity contribution in [3.05, 3.63) is 37.7 Å². The molecule has 124 valence electrons. The SMILES string of the molecule is CCOC(=O)CCc1c(C)nc2c(c1C)c(=O)n(C)c(=O)n2C. The van der Waals surface area contributed by atoms with Crippen molar-refractivity contribution in [1.29, 1.82) is 0 Å². The van der Waals surface area contributed by atoms with Crippen molar-refractivity contribution in [2.75, 3.05) is 6.61 Å². The Balaban J connectivity index is 2.64. The van der Waals surface area contributed by atoms with Gasteiger partial charge in [0, 0.05) is 26.2 Å². The van der Waals surface area contributed by atoms with Crippen LogP contribution in [-0.2, 0) is 30.0 Å². The minimum atomic E-state index is -0.409. The normalized spacial score (nSPS) is 11.0. The molecule has 0 fully saturated rings. The van der Waals surface area contributed by atoms with Gasteiger partial charge in [-0.1, -0.05) is 0 Å². The van der Waals surface area contributed by atoms with E-state index in [2.05, 4.69) is 4.98 Å². The fourth-order valence-electron chi connectivity index (χ4n) is 2.77. The summed E-state index contributed by atoms with van der Waals surface area (Å²) in [7, 11) is 3.04. The molecule has 0 bridgehead atoms. The number of hydrogen-bond acceptors (Lipinski definition) is 5. The van der Waals surface area contributed by atoms with Gasteiger partial charge in [0.2, 0.25) is 0 Å². The molecule has 7 nitrogen and oxygen atoms in total.